The fraction of sp³-hybridized carbons (Fsp3) is 0.857. The molecule has 110 valence electrons. The minimum Gasteiger partial charge on any atom is -0.481 e. The minimum absolute atomic E-state index is 0.0784. The van der Waals surface area contributed by atoms with Gasteiger partial charge in [-0.3, -0.25) is 4.79 Å². The highest BCUT2D eigenvalue weighted by Crippen LogP contribution is 2.26. The van der Waals surface area contributed by atoms with Gasteiger partial charge in [0.05, 0.1) is 0 Å². The van der Waals surface area contributed by atoms with Crippen LogP contribution < -0.4 is 5.32 Å². The van der Waals surface area contributed by atoms with Crippen LogP contribution in [0.15, 0.2) is 0 Å². The van der Waals surface area contributed by atoms with Crippen molar-refractivity contribution in [3.8, 4) is 0 Å². The number of rotatable bonds is 6. The Labute approximate surface area is 115 Å². The maximum Gasteiger partial charge on any atom is 0.317 e. The Balaban J connectivity index is 2.21. The average molecular weight is 270 g/mol. The first-order valence-electron chi connectivity index (χ1n) is 7.26. The lowest BCUT2D eigenvalue weighted by molar-refractivity contribution is -0.137. The van der Waals surface area contributed by atoms with Gasteiger partial charge in [-0.25, -0.2) is 4.79 Å². The second-order valence-electron chi connectivity index (χ2n) is 5.49. The zero-order valence-corrected chi connectivity index (χ0v) is 12.0. The molecule has 1 fully saturated rings. The van der Waals surface area contributed by atoms with Gasteiger partial charge in [-0.05, 0) is 38.0 Å². The number of carboxylic acid groups (broad SMARTS) is 1. The molecule has 1 saturated carbocycles. The average Bonchev–Trinajstić information content (AvgIpc) is 2.39. The summed E-state index contributed by atoms with van der Waals surface area (Å²) in [6.45, 7) is 2.71. The molecule has 0 heterocycles. The summed E-state index contributed by atoms with van der Waals surface area (Å²) in [6, 6.07) is 0.211. The molecule has 0 bridgehead atoms. The number of carboxylic acids is 1. The molecule has 0 radical (unpaired) electrons. The lowest BCUT2D eigenvalue weighted by Crippen LogP contribution is -2.44. The quantitative estimate of drug-likeness (QED) is 0.779. The Morgan fingerprint density at radius 3 is 2.42 bits per heavy atom. The molecule has 0 saturated heterocycles. The molecule has 5 heteroatoms. The van der Waals surface area contributed by atoms with Gasteiger partial charge in [-0.15, -0.1) is 0 Å². The Kier molecular flexibility index (Phi) is 6.67. The highest BCUT2D eigenvalue weighted by molar-refractivity contribution is 5.74. The van der Waals surface area contributed by atoms with Gasteiger partial charge in [0.15, 0.2) is 0 Å². The largest absolute Gasteiger partial charge is 0.481 e. The standard InChI is InChI=1S/C14H26N2O3/c1-3-11-6-8-12(9-7-11)15-14(19)16(2)10-4-5-13(17)18/h11-12H,3-10H2,1-2H3,(H,15,19)(H,17,18). The van der Waals surface area contributed by atoms with Crippen LogP contribution in [0.5, 0.6) is 0 Å². The van der Waals surface area contributed by atoms with E-state index >= 15 is 0 Å². The van der Waals surface area contributed by atoms with Crippen LogP contribution in [0.25, 0.3) is 0 Å². The molecule has 19 heavy (non-hydrogen) atoms. The molecular formula is C14H26N2O3. The number of carbonyl (C=O) groups is 2. The van der Waals surface area contributed by atoms with Crippen LogP contribution in [0.4, 0.5) is 4.79 Å². The molecule has 2 N–H and O–H groups in total. The van der Waals surface area contributed by atoms with Crippen LogP contribution in [-0.4, -0.2) is 41.6 Å². The summed E-state index contributed by atoms with van der Waals surface area (Å²) in [5.74, 6) is 0.00754. The van der Waals surface area contributed by atoms with Crippen molar-refractivity contribution in [3.63, 3.8) is 0 Å². The lowest BCUT2D eigenvalue weighted by Gasteiger charge is -2.30. The summed E-state index contributed by atoms with van der Waals surface area (Å²) in [5, 5.41) is 11.6. The highest BCUT2D eigenvalue weighted by Gasteiger charge is 2.22. The van der Waals surface area contributed by atoms with Crippen molar-refractivity contribution in [1.29, 1.82) is 0 Å². The van der Waals surface area contributed by atoms with Gasteiger partial charge in [-0.2, -0.15) is 0 Å². The summed E-state index contributed by atoms with van der Waals surface area (Å²) in [6.07, 6.45) is 6.37. The van der Waals surface area contributed by atoms with Crippen LogP contribution in [0.2, 0.25) is 0 Å². The van der Waals surface area contributed by atoms with Gasteiger partial charge in [0.1, 0.15) is 0 Å². The molecule has 1 aliphatic carbocycles. The van der Waals surface area contributed by atoms with E-state index in [4.69, 9.17) is 5.11 Å². The molecule has 5 nitrogen and oxygen atoms in total. The normalized spacial score (nSPS) is 22.8. The summed E-state index contributed by atoms with van der Waals surface area (Å²) < 4.78 is 0. The Bertz CT molecular complexity index is 299. The van der Waals surface area contributed by atoms with Crippen molar-refractivity contribution in [2.24, 2.45) is 5.92 Å². The van der Waals surface area contributed by atoms with Gasteiger partial charge in [-0.1, -0.05) is 13.3 Å². The molecule has 0 atom stereocenters. The van der Waals surface area contributed by atoms with Crippen LogP contribution in [0.3, 0.4) is 0 Å². The number of carbonyl (C=O) groups excluding carboxylic acids is 1. The molecule has 2 amide bonds. The van der Waals surface area contributed by atoms with Gasteiger partial charge in [0.2, 0.25) is 0 Å². The fourth-order valence-electron chi connectivity index (χ4n) is 2.57. The maximum absolute atomic E-state index is 11.9. The third-order valence-electron chi connectivity index (χ3n) is 3.98. The van der Waals surface area contributed by atoms with E-state index in [9.17, 15) is 9.59 Å². The van der Waals surface area contributed by atoms with E-state index in [0.29, 0.717) is 13.0 Å². The van der Waals surface area contributed by atoms with Crippen molar-refractivity contribution in [3.05, 3.63) is 0 Å². The lowest BCUT2D eigenvalue weighted by atomic mass is 9.84. The van der Waals surface area contributed by atoms with Gasteiger partial charge in [0, 0.05) is 26.1 Å². The molecule has 0 unspecified atom stereocenters. The van der Waals surface area contributed by atoms with Gasteiger partial charge in [0.25, 0.3) is 0 Å². The Hall–Kier alpha value is -1.26. The van der Waals surface area contributed by atoms with Gasteiger partial charge < -0.3 is 15.3 Å². The second kappa shape index (κ2) is 8.02. The number of nitrogens with zero attached hydrogens (tertiary/aromatic N) is 1. The predicted octanol–water partition coefficient (Wildman–Crippen LogP) is 2.46. The number of aliphatic carboxylic acids is 1. The molecule has 0 aromatic carbocycles. The molecule has 0 aliphatic heterocycles. The van der Waals surface area contributed by atoms with Crippen molar-refractivity contribution in [1.82, 2.24) is 10.2 Å². The second-order valence-corrected chi connectivity index (χ2v) is 5.49. The summed E-state index contributed by atoms with van der Waals surface area (Å²) >= 11 is 0. The van der Waals surface area contributed by atoms with Gasteiger partial charge >= 0.3 is 12.0 Å². The topological polar surface area (TPSA) is 69.6 Å². The summed E-state index contributed by atoms with van der Waals surface area (Å²) in [7, 11) is 1.72. The predicted molar refractivity (Wildman–Crippen MR) is 74.1 cm³/mol. The molecule has 0 aromatic rings. The van der Waals surface area contributed by atoms with E-state index in [-0.39, 0.29) is 18.5 Å². The first-order chi connectivity index (χ1) is 9.02. The zero-order chi connectivity index (χ0) is 14.3. The monoisotopic (exact) mass is 270 g/mol. The van der Waals surface area contributed by atoms with Crippen molar-refractivity contribution < 1.29 is 14.7 Å². The van der Waals surface area contributed by atoms with E-state index < -0.39 is 5.97 Å². The number of amides is 2. The molecule has 0 aromatic heterocycles. The smallest absolute Gasteiger partial charge is 0.317 e. The summed E-state index contributed by atoms with van der Waals surface area (Å²) in [5.41, 5.74) is 0. The zero-order valence-electron chi connectivity index (χ0n) is 12.0. The first kappa shape index (κ1) is 15.8. The van der Waals surface area contributed by atoms with Crippen LogP contribution in [-0.2, 0) is 4.79 Å². The molecule has 1 rings (SSSR count). The fourth-order valence-corrected chi connectivity index (χ4v) is 2.57. The van der Waals surface area contributed by atoms with E-state index in [2.05, 4.69) is 12.2 Å². The van der Waals surface area contributed by atoms with Crippen LogP contribution >= 0.6 is 0 Å². The van der Waals surface area contributed by atoms with Crippen molar-refractivity contribution in [2.45, 2.75) is 57.9 Å². The van der Waals surface area contributed by atoms with E-state index in [1.54, 1.807) is 11.9 Å². The maximum atomic E-state index is 11.9. The number of hydrogen-bond donors (Lipinski definition) is 2. The summed E-state index contributed by atoms with van der Waals surface area (Å²) in [4.78, 5) is 23.9. The third kappa shape index (κ3) is 5.94. The Morgan fingerprint density at radius 1 is 1.26 bits per heavy atom. The molecule has 1 aliphatic rings. The van der Waals surface area contributed by atoms with Crippen LogP contribution in [0, 0.1) is 5.92 Å². The highest BCUT2D eigenvalue weighted by atomic mass is 16.4. The SMILES string of the molecule is CCC1CCC(NC(=O)N(C)CCCC(=O)O)CC1. The van der Waals surface area contributed by atoms with Crippen molar-refractivity contribution in [2.75, 3.05) is 13.6 Å². The Morgan fingerprint density at radius 2 is 1.89 bits per heavy atom. The van der Waals surface area contributed by atoms with Crippen LogP contribution in [0.1, 0.15) is 51.9 Å². The van der Waals surface area contributed by atoms with E-state index in [0.717, 1.165) is 18.8 Å². The number of nitrogens with one attached hydrogen (secondary N) is 1. The van der Waals surface area contributed by atoms with Crippen molar-refractivity contribution >= 4 is 12.0 Å². The third-order valence-corrected chi connectivity index (χ3v) is 3.98. The molecule has 0 spiro atoms. The number of hydrogen-bond acceptors (Lipinski definition) is 2. The van der Waals surface area contributed by atoms with E-state index in [1.165, 1.54) is 19.3 Å². The minimum atomic E-state index is -0.813. The molecular weight excluding hydrogens is 244 g/mol. The first-order valence-corrected chi connectivity index (χ1v) is 7.26. The number of urea groups is 1. The van der Waals surface area contributed by atoms with E-state index in [1.807, 2.05) is 0 Å².